The monoisotopic (exact) mass is 204 g/mol. The van der Waals surface area contributed by atoms with Crippen molar-refractivity contribution in [1.29, 1.82) is 5.26 Å². The van der Waals surface area contributed by atoms with Gasteiger partial charge in [-0.15, -0.1) is 0 Å². The molecule has 4 heteroatoms. The number of carbonyl (C=O) groups is 1. The first-order valence-electron chi connectivity index (χ1n) is 4.54. The molecule has 1 aliphatic heterocycles. The third-order valence-electron chi connectivity index (χ3n) is 1.84. The van der Waals surface area contributed by atoms with Crippen molar-refractivity contribution in [3.63, 3.8) is 0 Å². The summed E-state index contributed by atoms with van der Waals surface area (Å²) < 4.78 is 4.34. The minimum atomic E-state index is -0.415. The summed E-state index contributed by atoms with van der Waals surface area (Å²) in [5.41, 5.74) is 0. The van der Waals surface area contributed by atoms with E-state index < -0.39 is 6.09 Å². The molecule has 2 rings (SSSR count). The summed E-state index contributed by atoms with van der Waals surface area (Å²) in [5.74, 6) is 0. The topological polar surface area (TPSA) is 53.1 Å². The van der Waals surface area contributed by atoms with Crippen LogP contribution in [0.5, 0.6) is 0 Å². The van der Waals surface area contributed by atoms with E-state index in [0.29, 0.717) is 6.54 Å². The van der Waals surface area contributed by atoms with Crippen molar-refractivity contribution in [2.24, 2.45) is 0 Å². The highest BCUT2D eigenvalue weighted by atomic mass is 16.5. The highest BCUT2D eigenvalue weighted by Gasteiger charge is 2.39. The number of hydrogen-bond donors (Lipinski definition) is 0. The molecule has 1 amide bonds. The Hall–Kier alpha value is -2.02. The van der Waals surface area contributed by atoms with E-state index in [4.69, 9.17) is 5.26 Å². The Bertz CT molecular complexity index is 319. The number of carbonyl (C=O) groups excluding carboxylic acids is 1. The number of hydrogen-bond acceptors (Lipinski definition) is 3. The molecule has 78 valence electrons. The fourth-order valence-electron chi connectivity index (χ4n) is 0.954. The lowest BCUT2D eigenvalue weighted by Crippen LogP contribution is -2.11. The van der Waals surface area contributed by atoms with E-state index in [9.17, 15) is 4.79 Å². The van der Waals surface area contributed by atoms with E-state index >= 15 is 0 Å². The first-order valence-corrected chi connectivity index (χ1v) is 4.54. The first-order chi connectivity index (χ1) is 7.29. The highest BCUT2D eigenvalue weighted by Crippen LogP contribution is 2.16. The number of methoxy groups -OCH3 is 1. The minimum absolute atomic E-state index is 0.238. The van der Waals surface area contributed by atoms with Crippen molar-refractivity contribution in [3.05, 3.63) is 36.4 Å². The molecule has 0 aliphatic carbocycles. The lowest BCUT2D eigenvalue weighted by molar-refractivity contribution is 0.154. The molecule has 1 aromatic carbocycles. The number of nitrogens with zero attached hydrogens (tertiary/aromatic N) is 2. The van der Waals surface area contributed by atoms with Crippen LogP contribution in [0.15, 0.2) is 36.4 Å². The van der Waals surface area contributed by atoms with Crippen LogP contribution < -0.4 is 0 Å². The maximum absolute atomic E-state index is 10.5. The molecule has 1 heterocycles. The summed E-state index contributed by atoms with van der Waals surface area (Å²) in [5, 5.41) is 8.22. The molecule has 0 radical (unpaired) electrons. The van der Waals surface area contributed by atoms with Gasteiger partial charge in [0.1, 0.15) is 6.04 Å². The lowest BCUT2D eigenvalue weighted by atomic mass is 10.4. The van der Waals surface area contributed by atoms with Gasteiger partial charge in [0, 0.05) is 0 Å². The molecule has 0 saturated carbocycles. The van der Waals surface area contributed by atoms with Crippen LogP contribution in [0, 0.1) is 11.3 Å². The quantitative estimate of drug-likeness (QED) is 0.604. The fraction of sp³-hybridized carbons (Fsp3) is 0.273. The summed E-state index contributed by atoms with van der Waals surface area (Å²) in [4.78, 5) is 11.8. The standard InChI is InChI=1S/C6H6.C5H6N2O2/c1-2-4-6-5-3-1;1-9-5(8)7-3-4(7)2-6/h1-6H;4H,3H2,1H3. The Morgan fingerprint density at radius 2 is 1.80 bits per heavy atom. The van der Waals surface area contributed by atoms with E-state index in [0.717, 1.165) is 0 Å². The third-order valence-corrected chi connectivity index (χ3v) is 1.84. The molecule has 0 aromatic heterocycles. The van der Waals surface area contributed by atoms with Gasteiger partial charge in [0.05, 0.1) is 19.7 Å². The van der Waals surface area contributed by atoms with Crippen molar-refractivity contribution in [3.8, 4) is 6.07 Å². The van der Waals surface area contributed by atoms with E-state index in [1.165, 1.54) is 12.0 Å². The van der Waals surface area contributed by atoms with E-state index in [1.54, 1.807) is 0 Å². The second-order valence-corrected chi connectivity index (χ2v) is 2.92. The zero-order valence-electron chi connectivity index (χ0n) is 8.46. The minimum Gasteiger partial charge on any atom is -0.453 e. The lowest BCUT2D eigenvalue weighted by Gasteiger charge is -1.95. The van der Waals surface area contributed by atoms with Crippen LogP contribution in [0.3, 0.4) is 0 Å². The van der Waals surface area contributed by atoms with Crippen LogP contribution in [-0.4, -0.2) is 30.7 Å². The van der Waals surface area contributed by atoms with Gasteiger partial charge in [0.15, 0.2) is 0 Å². The van der Waals surface area contributed by atoms with E-state index in [-0.39, 0.29) is 6.04 Å². The number of nitriles is 1. The van der Waals surface area contributed by atoms with Crippen LogP contribution in [0.2, 0.25) is 0 Å². The molecule has 0 N–H and O–H groups in total. The Labute approximate surface area is 88.7 Å². The number of benzene rings is 1. The zero-order chi connectivity index (χ0) is 11.1. The molecule has 15 heavy (non-hydrogen) atoms. The van der Waals surface area contributed by atoms with Crippen LogP contribution in [-0.2, 0) is 4.74 Å². The van der Waals surface area contributed by atoms with Gasteiger partial charge in [-0.25, -0.2) is 4.79 Å². The van der Waals surface area contributed by atoms with E-state index in [2.05, 4.69) is 4.74 Å². The smallest absolute Gasteiger partial charge is 0.410 e. The van der Waals surface area contributed by atoms with Gasteiger partial charge < -0.3 is 4.74 Å². The molecule has 1 aromatic rings. The maximum atomic E-state index is 10.5. The summed E-state index contributed by atoms with van der Waals surface area (Å²) in [7, 11) is 1.30. The highest BCUT2D eigenvalue weighted by molar-refractivity contribution is 5.71. The Kier molecular flexibility index (Phi) is 4.17. The molecule has 1 atom stereocenters. The molecule has 1 saturated heterocycles. The van der Waals surface area contributed by atoms with Crippen LogP contribution in [0.4, 0.5) is 4.79 Å². The number of ether oxygens (including phenoxy) is 1. The Morgan fingerprint density at radius 3 is 2.07 bits per heavy atom. The summed E-state index contributed by atoms with van der Waals surface area (Å²) in [6.45, 7) is 0.517. The maximum Gasteiger partial charge on any atom is 0.410 e. The number of rotatable bonds is 0. The fourth-order valence-corrected chi connectivity index (χ4v) is 0.954. The molecule has 1 aliphatic rings. The second-order valence-electron chi connectivity index (χ2n) is 2.92. The normalized spacial score (nSPS) is 16.8. The second kappa shape index (κ2) is 5.66. The van der Waals surface area contributed by atoms with Crippen molar-refractivity contribution >= 4 is 6.09 Å². The van der Waals surface area contributed by atoms with Gasteiger partial charge in [-0.05, 0) is 0 Å². The van der Waals surface area contributed by atoms with Crippen molar-refractivity contribution < 1.29 is 9.53 Å². The first kappa shape index (κ1) is 11.1. The van der Waals surface area contributed by atoms with Crippen molar-refractivity contribution in [2.75, 3.05) is 13.7 Å². The van der Waals surface area contributed by atoms with Crippen LogP contribution in [0.1, 0.15) is 0 Å². The number of amides is 1. The Morgan fingerprint density at radius 1 is 1.33 bits per heavy atom. The third kappa shape index (κ3) is 3.69. The van der Waals surface area contributed by atoms with Gasteiger partial charge in [0.25, 0.3) is 0 Å². The SMILES string of the molecule is COC(=O)N1CC1C#N.c1ccccc1. The average molecular weight is 204 g/mol. The van der Waals surface area contributed by atoms with Gasteiger partial charge in [-0.3, -0.25) is 4.90 Å². The van der Waals surface area contributed by atoms with Gasteiger partial charge in [-0.1, -0.05) is 36.4 Å². The molecule has 1 fully saturated rings. The van der Waals surface area contributed by atoms with Gasteiger partial charge >= 0.3 is 6.09 Å². The van der Waals surface area contributed by atoms with Gasteiger partial charge in [0.2, 0.25) is 0 Å². The molecular formula is C11H12N2O2. The summed E-state index contributed by atoms with van der Waals surface area (Å²) >= 11 is 0. The summed E-state index contributed by atoms with van der Waals surface area (Å²) in [6, 6.07) is 13.7. The zero-order valence-corrected chi connectivity index (χ0v) is 8.46. The van der Waals surface area contributed by atoms with E-state index in [1.807, 2.05) is 42.5 Å². The molecule has 0 bridgehead atoms. The van der Waals surface area contributed by atoms with Crippen LogP contribution >= 0.6 is 0 Å². The predicted octanol–water partition coefficient (Wildman–Crippen LogP) is 1.65. The molecule has 0 spiro atoms. The molecule has 1 unspecified atom stereocenters. The largest absolute Gasteiger partial charge is 0.453 e. The molecular weight excluding hydrogens is 192 g/mol. The van der Waals surface area contributed by atoms with Crippen molar-refractivity contribution in [2.45, 2.75) is 6.04 Å². The van der Waals surface area contributed by atoms with Crippen LogP contribution in [0.25, 0.3) is 0 Å². The predicted molar refractivity (Wildman–Crippen MR) is 55.0 cm³/mol. The van der Waals surface area contributed by atoms with Gasteiger partial charge in [-0.2, -0.15) is 5.26 Å². The Balaban J connectivity index is 0.000000162. The van der Waals surface area contributed by atoms with Crippen molar-refractivity contribution in [1.82, 2.24) is 4.90 Å². The molecule has 4 nitrogen and oxygen atoms in total. The average Bonchev–Trinajstić information content (AvgIpc) is 3.10. The summed E-state index contributed by atoms with van der Waals surface area (Å²) in [6.07, 6.45) is -0.415.